The van der Waals surface area contributed by atoms with Crippen LogP contribution >= 0.6 is 28.1 Å². The van der Waals surface area contributed by atoms with Crippen LogP contribution < -0.4 is 15.4 Å². The van der Waals surface area contributed by atoms with E-state index in [2.05, 4.69) is 47.3 Å². The highest BCUT2D eigenvalue weighted by molar-refractivity contribution is 9.10. The molecule has 0 bridgehead atoms. The van der Waals surface area contributed by atoms with Gasteiger partial charge in [0.1, 0.15) is 5.75 Å². The molecule has 0 radical (unpaired) electrons. The number of carbonyl (C=O) groups excluding carboxylic acids is 1. The van der Waals surface area contributed by atoms with Crippen molar-refractivity contribution in [2.24, 2.45) is 5.92 Å². The normalized spacial score (nSPS) is 11.8. The summed E-state index contributed by atoms with van der Waals surface area (Å²) in [7, 11) is 0. The van der Waals surface area contributed by atoms with Crippen molar-refractivity contribution in [2.75, 3.05) is 6.61 Å². The number of amides is 1. The second kappa shape index (κ2) is 11.2. The predicted octanol–water partition coefficient (Wildman–Crippen LogP) is 5.63. The number of hydrogen-bond donors (Lipinski definition) is 2. The number of halogens is 1. The molecule has 28 heavy (non-hydrogen) atoms. The van der Waals surface area contributed by atoms with E-state index in [-0.39, 0.29) is 11.9 Å². The lowest BCUT2D eigenvalue weighted by Gasteiger charge is -2.20. The van der Waals surface area contributed by atoms with Crippen LogP contribution in [0.3, 0.4) is 0 Å². The fourth-order valence-electron chi connectivity index (χ4n) is 2.68. The summed E-state index contributed by atoms with van der Waals surface area (Å²) in [6.07, 6.45) is 1.77. The molecule has 0 saturated carbocycles. The predicted molar refractivity (Wildman–Crippen MR) is 122 cm³/mol. The van der Waals surface area contributed by atoms with E-state index in [1.807, 2.05) is 36.4 Å². The molecule has 1 unspecified atom stereocenters. The Bertz CT molecular complexity index is 796. The summed E-state index contributed by atoms with van der Waals surface area (Å²) >= 11 is 8.80. The summed E-state index contributed by atoms with van der Waals surface area (Å²) in [5, 5.41) is 6.30. The van der Waals surface area contributed by atoms with Crippen molar-refractivity contribution in [2.45, 2.75) is 39.7 Å². The molecule has 0 aromatic heterocycles. The van der Waals surface area contributed by atoms with E-state index < -0.39 is 0 Å². The Balaban J connectivity index is 2.04. The van der Waals surface area contributed by atoms with Gasteiger partial charge >= 0.3 is 0 Å². The Morgan fingerprint density at radius 1 is 1.18 bits per heavy atom. The van der Waals surface area contributed by atoms with Gasteiger partial charge in [0.15, 0.2) is 5.11 Å². The highest BCUT2D eigenvalue weighted by atomic mass is 79.9. The summed E-state index contributed by atoms with van der Waals surface area (Å²) in [5.41, 5.74) is 1.58. The monoisotopic (exact) mass is 462 g/mol. The van der Waals surface area contributed by atoms with Gasteiger partial charge in [-0.15, -0.1) is 0 Å². The van der Waals surface area contributed by atoms with Gasteiger partial charge < -0.3 is 10.1 Å². The maximum atomic E-state index is 12.8. The van der Waals surface area contributed by atoms with Crippen LogP contribution in [0.5, 0.6) is 5.75 Å². The Morgan fingerprint density at radius 2 is 1.89 bits per heavy atom. The number of hydrogen-bond acceptors (Lipinski definition) is 3. The molecule has 150 valence electrons. The average molecular weight is 463 g/mol. The van der Waals surface area contributed by atoms with Crippen LogP contribution in [0, 0.1) is 5.92 Å². The molecule has 0 spiro atoms. The first-order valence-electron chi connectivity index (χ1n) is 9.49. The minimum absolute atomic E-state index is 0.0401. The lowest BCUT2D eigenvalue weighted by Crippen LogP contribution is -2.41. The first-order chi connectivity index (χ1) is 13.4. The van der Waals surface area contributed by atoms with E-state index in [9.17, 15) is 4.79 Å². The van der Waals surface area contributed by atoms with Gasteiger partial charge in [-0.05, 0) is 54.7 Å². The van der Waals surface area contributed by atoms with E-state index >= 15 is 0 Å². The van der Waals surface area contributed by atoms with Gasteiger partial charge in [-0.2, -0.15) is 0 Å². The average Bonchev–Trinajstić information content (AvgIpc) is 2.67. The van der Waals surface area contributed by atoms with Gasteiger partial charge in [0.2, 0.25) is 0 Å². The SMILES string of the molecule is CCC(NC(=S)NC(=O)c1cc(Br)ccc1OCCC(C)C)c1ccccc1. The van der Waals surface area contributed by atoms with Gasteiger partial charge in [-0.1, -0.05) is 67.0 Å². The van der Waals surface area contributed by atoms with Gasteiger partial charge in [0, 0.05) is 4.47 Å². The van der Waals surface area contributed by atoms with Crippen LogP contribution in [-0.4, -0.2) is 17.6 Å². The summed E-state index contributed by atoms with van der Waals surface area (Å²) < 4.78 is 6.64. The molecule has 2 aromatic carbocycles. The van der Waals surface area contributed by atoms with Gasteiger partial charge in [0.05, 0.1) is 18.2 Å². The van der Waals surface area contributed by atoms with E-state index in [0.717, 1.165) is 22.9 Å². The Kier molecular flexibility index (Phi) is 8.93. The van der Waals surface area contributed by atoms with Crippen LogP contribution in [0.4, 0.5) is 0 Å². The van der Waals surface area contributed by atoms with Crippen molar-refractivity contribution in [3.63, 3.8) is 0 Å². The third kappa shape index (κ3) is 6.91. The molecule has 2 aromatic rings. The fraction of sp³-hybridized carbons (Fsp3) is 0.364. The molecule has 0 aliphatic carbocycles. The van der Waals surface area contributed by atoms with Crippen molar-refractivity contribution < 1.29 is 9.53 Å². The first kappa shape index (κ1) is 22.4. The van der Waals surface area contributed by atoms with Crippen LogP contribution in [0.25, 0.3) is 0 Å². The zero-order valence-corrected chi connectivity index (χ0v) is 18.9. The topological polar surface area (TPSA) is 50.4 Å². The van der Waals surface area contributed by atoms with Crippen molar-refractivity contribution in [3.8, 4) is 5.75 Å². The zero-order valence-electron chi connectivity index (χ0n) is 16.5. The van der Waals surface area contributed by atoms with Crippen molar-refractivity contribution in [1.82, 2.24) is 10.6 Å². The first-order valence-corrected chi connectivity index (χ1v) is 10.7. The molecule has 0 aliphatic heterocycles. The van der Waals surface area contributed by atoms with Crippen molar-refractivity contribution in [3.05, 3.63) is 64.1 Å². The van der Waals surface area contributed by atoms with E-state index in [4.69, 9.17) is 17.0 Å². The summed E-state index contributed by atoms with van der Waals surface area (Å²) in [6, 6.07) is 15.5. The Hall–Kier alpha value is -1.92. The number of ether oxygens (including phenoxy) is 1. The maximum Gasteiger partial charge on any atom is 0.261 e. The summed E-state index contributed by atoms with van der Waals surface area (Å²) in [4.78, 5) is 12.8. The quantitative estimate of drug-likeness (QED) is 0.499. The molecule has 4 nitrogen and oxygen atoms in total. The van der Waals surface area contributed by atoms with Crippen LogP contribution in [0.2, 0.25) is 0 Å². The molecule has 0 saturated heterocycles. The molecular formula is C22H27BrN2O2S. The van der Waals surface area contributed by atoms with Crippen LogP contribution in [-0.2, 0) is 0 Å². The molecule has 1 amide bonds. The third-order valence-corrected chi connectivity index (χ3v) is 4.99. The molecule has 0 fully saturated rings. The fourth-order valence-corrected chi connectivity index (χ4v) is 3.28. The minimum atomic E-state index is -0.290. The Morgan fingerprint density at radius 3 is 2.54 bits per heavy atom. The molecule has 0 heterocycles. The summed E-state index contributed by atoms with van der Waals surface area (Å²) in [5.74, 6) is 0.800. The molecule has 1 atom stereocenters. The second-order valence-corrected chi connectivity index (χ2v) is 8.29. The largest absolute Gasteiger partial charge is 0.493 e. The van der Waals surface area contributed by atoms with E-state index in [1.54, 1.807) is 12.1 Å². The molecule has 2 rings (SSSR count). The maximum absolute atomic E-state index is 12.8. The highest BCUT2D eigenvalue weighted by Crippen LogP contribution is 2.24. The van der Waals surface area contributed by atoms with Crippen LogP contribution in [0.1, 0.15) is 55.6 Å². The van der Waals surface area contributed by atoms with Gasteiger partial charge in [-0.25, -0.2) is 0 Å². The van der Waals surface area contributed by atoms with Crippen molar-refractivity contribution in [1.29, 1.82) is 0 Å². The van der Waals surface area contributed by atoms with Gasteiger partial charge in [0.25, 0.3) is 5.91 Å². The number of nitrogens with one attached hydrogen (secondary N) is 2. The third-order valence-electron chi connectivity index (χ3n) is 4.28. The lowest BCUT2D eigenvalue weighted by atomic mass is 10.1. The number of carbonyl (C=O) groups is 1. The van der Waals surface area contributed by atoms with Gasteiger partial charge in [-0.3, -0.25) is 10.1 Å². The van der Waals surface area contributed by atoms with Crippen LogP contribution in [0.15, 0.2) is 53.0 Å². The number of thiocarbonyl (C=S) groups is 1. The smallest absolute Gasteiger partial charge is 0.261 e. The molecule has 2 N–H and O–H groups in total. The highest BCUT2D eigenvalue weighted by Gasteiger charge is 2.17. The van der Waals surface area contributed by atoms with Crippen molar-refractivity contribution >= 4 is 39.2 Å². The van der Waals surface area contributed by atoms with E-state index in [1.165, 1.54) is 0 Å². The second-order valence-electron chi connectivity index (χ2n) is 6.97. The Labute approximate surface area is 181 Å². The number of benzene rings is 2. The standard InChI is InChI=1S/C22H27BrN2O2S/c1-4-19(16-8-6-5-7-9-16)24-22(28)25-21(26)18-14-17(23)10-11-20(18)27-13-12-15(2)3/h5-11,14-15,19H,4,12-13H2,1-3H3,(H2,24,25,26,28). The molecular weight excluding hydrogens is 436 g/mol. The zero-order chi connectivity index (χ0) is 20.5. The molecule has 6 heteroatoms. The lowest BCUT2D eigenvalue weighted by molar-refractivity contribution is 0.0972. The molecule has 0 aliphatic rings. The number of rotatable bonds is 8. The van der Waals surface area contributed by atoms with E-state index in [0.29, 0.717) is 29.0 Å². The summed E-state index contributed by atoms with van der Waals surface area (Å²) in [6.45, 7) is 6.91. The minimum Gasteiger partial charge on any atom is -0.493 e.